The van der Waals surface area contributed by atoms with Gasteiger partial charge in [0, 0.05) is 32.7 Å². The van der Waals surface area contributed by atoms with Crippen LogP contribution in [0.25, 0.3) is 0 Å². The van der Waals surface area contributed by atoms with Crippen molar-refractivity contribution >= 4 is 22.0 Å². The Bertz CT molecular complexity index is 847. The number of amides is 3. The molecule has 1 aliphatic carbocycles. The average Bonchev–Trinajstić information content (AvgIpc) is 3.15. The van der Waals surface area contributed by atoms with E-state index < -0.39 is 22.1 Å². The molecule has 1 fully saturated rings. The molecule has 1 aromatic rings. The Morgan fingerprint density at radius 3 is 2.46 bits per heavy atom. The zero-order valence-corrected chi connectivity index (χ0v) is 17.2. The van der Waals surface area contributed by atoms with E-state index in [1.165, 1.54) is 9.87 Å². The van der Waals surface area contributed by atoms with Gasteiger partial charge in [0.15, 0.2) is 0 Å². The lowest BCUT2D eigenvalue weighted by Crippen LogP contribution is -2.56. The van der Waals surface area contributed by atoms with E-state index in [4.69, 9.17) is 0 Å². The third-order valence-electron chi connectivity index (χ3n) is 5.48. The number of hydrogen-bond donors (Lipinski definition) is 2. The van der Waals surface area contributed by atoms with Crippen molar-refractivity contribution in [2.24, 2.45) is 0 Å². The van der Waals surface area contributed by atoms with Gasteiger partial charge in [0.2, 0.25) is 15.9 Å². The Labute approximate surface area is 166 Å². The molecule has 0 saturated carbocycles. The van der Waals surface area contributed by atoms with E-state index in [1.54, 1.807) is 19.9 Å². The summed E-state index contributed by atoms with van der Waals surface area (Å²) in [6.07, 6.45) is 3.03. The summed E-state index contributed by atoms with van der Waals surface area (Å²) < 4.78 is 27.5. The molecule has 8 nitrogen and oxygen atoms in total. The number of sulfonamides is 1. The van der Waals surface area contributed by atoms with Gasteiger partial charge in [-0.3, -0.25) is 15.0 Å². The maximum absolute atomic E-state index is 13.0. The molecule has 0 aromatic heterocycles. The molecular weight excluding hydrogens is 380 g/mol. The summed E-state index contributed by atoms with van der Waals surface area (Å²) in [5, 5.41) is 4.83. The third kappa shape index (κ3) is 4.37. The first-order valence-corrected chi connectivity index (χ1v) is 11.2. The maximum Gasteiger partial charge on any atom is 0.321 e. The van der Waals surface area contributed by atoms with Crippen LogP contribution in [0.15, 0.2) is 23.1 Å². The van der Waals surface area contributed by atoms with Crippen molar-refractivity contribution in [1.29, 1.82) is 0 Å². The van der Waals surface area contributed by atoms with Gasteiger partial charge < -0.3 is 5.32 Å². The van der Waals surface area contributed by atoms with E-state index in [-0.39, 0.29) is 5.91 Å². The molecule has 28 heavy (non-hydrogen) atoms. The summed E-state index contributed by atoms with van der Waals surface area (Å²) in [6.45, 7) is 5.44. The minimum absolute atomic E-state index is 0.318. The van der Waals surface area contributed by atoms with Gasteiger partial charge in [0.05, 0.1) is 10.9 Å². The molecule has 0 bridgehead atoms. The quantitative estimate of drug-likeness (QED) is 0.748. The Balaban J connectivity index is 1.60. The van der Waals surface area contributed by atoms with Crippen LogP contribution in [0.2, 0.25) is 0 Å². The second-order valence-electron chi connectivity index (χ2n) is 7.25. The van der Waals surface area contributed by atoms with Crippen molar-refractivity contribution in [3.8, 4) is 0 Å². The maximum atomic E-state index is 13.0. The largest absolute Gasteiger partial charge is 0.338 e. The zero-order chi connectivity index (χ0) is 20.3. The lowest BCUT2D eigenvalue weighted by molar-refractivity contribution is -0.125. The summed E-state index contributed by atoms with van der Waals surface area (Å²) in [7, 11) is -3.54. The summed E-state index contributed by atoms with van der Waals surface area (Å²) in [5.74, 6) is -0.388. The molecule has 1 unspecified atom stereocenters. The number of rotatable bonds is 5. The van der Waals surface area contributed by atoms with Gasteiger partial charge in [-0.15, -0.1) is 0 Å². The monoisotopic (exact) mass is 408 g/mol. The molecule has 1 atom stereocenters. The number of piperazine rings is 1. The van der Waals surface area contributed by atoms with Crippen LogP contribution in [-0.4, -0.2) is 68.3 Å². The number of nitrogens with zero attached hydrogens (tertiary/aromatic N) is 2. The van der Waals surface area contributed by atoms with E-state index in [0.29, 0.717) is 37.6 Å². The van der Waals surface area contributed by atoms with Crippen LogP contribution < -0.4 is 10.6 Å². The zero-order valence-electron chi connectivity index (χ0n) is 16.4. The standard InChI is InChI=1S/C19H28N4O4S/c1-3-20-19(25)21-18(24)14(2)22-9-11-23(12-10-22)28(26,27)17-8-7-15-5-4-6-16(15)13-17/h7-8,13-14H,3-6,9-12H2,1-2H3,(H2,20,21,24,25). The topological polar surface area (TPSA) is 98.8 Å². The fourth-order valence-electron chi connectivity index (χ4n) is 3.78. The highest BCUT2D eigenvalue weighted by Gasteiger charge is 2.32. The lowest BCUT2D eigenvalue weighted by Gasteiger charge is -2.36. The first-order valence-electron chi connectivity index (χ1n) is 9.77. The van der Waals surface area contributed by atoms with E-state index in [0.717, 1.165) is 24.8 Å². The third-order valence-corrected chi connectivity index (χ3v) is 7.38. The number of nitrogens with one attached hydrogen (secondary N) is 2. The molecule has 2 N–H and O–H groups in total. The Hall–Kier alpha value is -1.97. The molecule has 3 rings (SSSR count). The Morgan fingerprint density at radius 2 is 1.79 bits per heavy atom. The van der Waals surface area contributed by atoms with E-state index in [1.807, 2.05) is 17.0 Å². The van der Waals surface area contributed by atoms with Crippen LogP contribution >= 0.6 is 0 Å². The predicted octanol–water partition coefficient (Wildman–Crippen LogP) is 0.716. The highest BCUT2D eigenvalue weighted by molar-refractivity contribution is 7.89. The van der Waals surface area contributed by atoms with E-state index >= 15 is 0 Å². The predicted molar refractivity (Wildman–Crippen MR) is 105 cm³/mol. The average molecular weight is 409 g/mol. The van der Waals surface area contributed by atoms with Crippen LogP contribution in [-0.2, 0) is 27.7 Å². The molecule has 1 aromatic carbocycles. The second-order valence-corrected chi connectivity index (χ2v) is 9.19. The first kappa shape index (κ1) is 20.8. The van der Waals surface area contributed by atoms with Gasteiger partial charge in [-0.25, -0.2) is 13.2 Å². The van der Waals surface area contributed by atoms with E-state index in [9.17, 15) is 18.0 Å². The summed E-state index contributed by atoms with van der Waals surface area (Å²) in [6, 6.07) is 4.42. The molecule has 1 heterocycles. The molecule has 0 spiro atoms. The highest BCUT2D eigenvalue weighted by atomic mass is 32.2. The van der Waals surface area contributed by atoms with Crippen LogP contribution in [0.4, 0.5) is 4.79 Å². The smallest absolute Gasteiger partial charge is 0.321 e. The molecule has 2 aliphatic rings. The molecule has 0 radical (unpaired) electrons. The van der Waals surface area contributed by atoms with Crippen LogP contribution in [0, 0.1) is 0 Å². The van der Waals surface area contributed by atoms with Crippen molar-refractivity contribution in [1.82, 2.24) is 19.8 Å². The molecule has 3 amide bonds. The second kappa shape index (κ2) is 8.59. The number of benzene rings is 1. The Morgan fingerprint density at radius 1 is 1.11 bits per heavy atom. The highest BCUT2D eigenvalue weighted by Crippen LogP contribution is 2.26. The molecular formula is C19H28N4O4S. The molecule has 9 heteroatoms. The number of carbonyl (C=O) groups excluding carboxylic acids is 2. The minimum Gasteiger partial charge on any atom is -0.338 e. The van der Waals surface area contributed by atoms with Crippen molar-refractivity contribution in [2.45, 2.75) is 44.0 Å². The number of urea groups is 1. The molecule has 1 saturated heterocycles. The normalized spacial score (nSPS) is 19.1. The summed E-state index contributed by atoms with van der Waals surface area (Å²) in [5.41, 5.74) is 2.38. The van der Waals surface area contributed by atoms with Crippen LogP contribution in [0.5, 0.6) is 0 Å². The Kier molecular flexibility index (Phi) is 6.36. The van der Waals surface area contributed by atoms with Gasteiger partial charge in [-0.2, -0.15) is 4.31 Å². The fourth-order valence-corrected chi connectivity index (χ4v) is 5.25. The van der Waals surface area contributed by atoms with Crippen molar-refractivity contribution in [3.05, 3.63) is 29.3 Å². The number of carbonyl (C=O) groups is 2. The van der Waals surface area contributed by atoms with E-state index in [2.05, 4.69) is 10.6 Å². The number of imide groups is 1. The van der Waals surface area contributed by atoms with Gasteiger partial charge >= 0.3 is 6.03 Å². The van der Waals surface area contributed by atoms with Gasteiger partial charge in [-0.05, 0) is 56.4 Å². The summed E-state index contributed by atoms with van der Waals surface area (Å²) >= 11 is 0. The molecule has 1 aliphatic heterocycles. The van der Waals surface area contributed by atoms with Crippen LogP contribution in [0.1, 0.15) is 31.4 Å². The van der Waals surface area contributed by atoms with Crippen LogP contribution in [0.3, 0.4) is 0 Å². The minimum atomic E-state index is -3.54. The van der Waals surface area contributed by atoms with Crippen molar-refractivity contribution in [2.75, 3.05) is 32.7 Å². The molecule has 154 valence electrons. The number of aryl methyl sites for hydroxylation is 2. The SMILES string of the molecule is CCNC(=O)NC(=O)C(C)N1CCN(S(=O)(=O)c2ccc3c(c2)CCC3)CC1. The first-order chi connectivity index (χ1) is 13.3. The van der Waals surface area contributed by atoms with Crippen molar-refractivity contribution < 1.29 is 18.0 Å². The van der Waals surface area contributed by atoms with Gasteiger partial charge in [0.1, 0.15) is 0 Å². The van der Waals surface area contributed by atoms with Gasteiger partial charge in [0.25, 0.3) is 0 Å². The van der Waals surface area contributed by atoms with Crippen molar-refractivity contribution in [3.63, 3.8) is 0 Å². The lowest BCUT2D eigenvalue weighted by atomic mass is 10.1. The van der Waals surface area contributed by atoms with Gasteiger partial charge in [-0.1, -0.05) is 6.07 Å². The fraction of sp³-hybridized carbons (Fsp3) is 0.579. The number of hydrogen-bond acceptors (Lipinski definition) is 5. The summed E-state index contributed by atoms with van der Waals surface area (Å²) in [4.78, 5) is 25.9. The number of fused-ring (bicyclic) bond motifs is 1.